The van der Waals surface area contributed by atoms with Crippen molar-refractivity contribution in [3.05, 3.63) is 23.8 Å². The predicted octanol–water partition coefficient (Wildman–Crippen LogP) is 3.58. The van der Waals surface area contributed by atoms with Gasteiger partial charge in [0.15, 0.2) is 0 Å². The Morgan fingerprint density at radius 2 is 2.00 bits per heavy atom. The molecule has 1 aliphatic rings. The van der Waals surface area contributed by atoms with Crippen molar-refractivity contribution in [2.45, 2.75) is 30.6 Å². The van der Waals surface area contributed by atoms with E-state index in [9.17, 15) is 0 Å². The van der Waals surface area contributed by atoms with Gasteiger partial charge in [0.1, 0.15) is 11.5 Å². The van der Waals surface area contributed by atoms with Crippen LogP contribution >= 0.6 is 11.6 Å². The summed E-state index contributed by atoms with van der Waals surface area (Å²) in [5, 5.41) is 0.306. The van der Waals surface area contributed by atoms with E-state index in [1.807, 2.05) is 12.1 Å². The lowest BCUT2D eigenvalue weighted by molar-refractivity contribution is 0.395. The van der Waals surface area contributed by atoms with Crippen LogP contribution in [0.2, 0.25) is 0 Å². The van der Waals surface area contributed by atoms with Crippen LogP contribution in [0.15, 0.2) is 18.2 Å². The van der Waals surface area contributed by atoms with Gasteiger partial charge in [-0.25, -0.2) is 0 Å². The molecule has 88 valence electrons. The first-order valence-electron chi connectivity index (χ1n) is 5.60. The Hall–Kier alpha value is -0.890. The summed E-state index contributed by atoms with van der Waals surface area (Å²) in [7, 11) is 3.39. The lowest BCUT2D eigenvalue weighted by Crippen LogP contribution is -1.99. The summed E-state index contributed by atoms with van der Waals surface area (Å²) in [5.74, 6) is 2.33. The molecule has 0 N–H and O–H groups in total. The SMILES string of the molecule is COc1ccc(OC)c(C2CCC(Cl)C2)c1. The predicted molar refractivity (Wildman–Crippen MR) is 65.8 cm³/mol. The maximum atomic E-state index is 6.15. The standard InChI is InChI=1S/C13H17ClO2/c1-15-11-5-6-13(16-2)12(8-11)9-3-4-10(14)7-9/h5-6,8-10H,3-4,7H2,1-2H3. The molecular weight excluding hydrogens is 224 g/mol. The van der Waals surface area contributed by atoms with Crippen LogP contribution in [0, 0.1) is 0 Å². The highest BCUT2D eigenvalue weighted by atomic mass is 35.5. The minimum Gasteiger partial charge on any atom is -0.497 e. The Labute approximate surface area is 102 Å². The molecule has 0 spiro atoms. The van der Waals surface area contributed by atoms with E-state index in [0.717, 1.165) is 30.8 Å². The molecule has 2 rings (SSSR count). The number of rotatable bonds is 3. The van der Waals surface area contributed by atoms with Crippen LogP contribution in [0.25, 0.3) is 0 Å². The average molecular weight is 241 g/mol. The van der Waals surface area contributed by atoms with Crippen molar-refractivity contribution in [3.63, 3.8) is 0 Å². The number of benzene rings is 1. The lowest BCUT2D eigenvalue weighted by Gasteiger charge is -2.15. The zero-order valence-electron chi connectivity index (χ0n) is 9.70. The van der Waals surface area contributed by atoms with E-state index in [0.29, 0.717) is 11.3 Å². The van der Waals surface area contributed by atoms with Crippen LogP contribution in [0.1, 0.15) is 30.7 Å². The highest BCUT2D eigenvalue weighted by Crippen LogP contribution is 2.42. The summed E-state index contributed by atoms with van der Waals surface area (Å²) in [4.78, 5) is 0. The largest absolute Gasteiger partial charge is 0.497 e. The average Bonchev–Trinajstić information content (AvgIpc) is 2.75. The Bertz CT molecular complexity index is 365. The zero-order chi connectivity index (χ0) is 11.5. The molecule has 1 saturated carbocycles. The molecule has 1 aromatic rings. The third-order valence-electron chi connectivity index (χ3n) is 3.25. The van der Waals surface area contributed by atoms with Crippen LogP contribution in [0.5, 0.6) is 11.5 Å². The van der Waals surface area contributed by atoms with Gasteiger partial charge in [-0.2, -0.15) is 0 Å². The highest BCUT2D eigenvalue weighted by Gasteiger charge is 2.26. The first-order valence-corrected chi connectivity index (χ1v) is 6.04. The van der Waals surface area contributed by atoms with Crippen LogP contribution in [0.3, 0.4) is 0 Å². The fourth-order valence-corrected chi connectivity index (χ4v) is 2.71. The summed E-state index contributed by atoms with van der Waals surface area (Å²) < 4.78 is 10.6. The van der Waals surface area contributed by atoms with Crippen LogP contribution in [0.4, 0.5) is 0 Å². The molecule has 2 nitrogen and oxygen atoms in total. The third-order valence-corrected chi connectivity index (χ3v) is 3.64. The van der Waals surface area contributed by atoms with Gasteiger partial charge in [-0.15, -0.1) is 11.6 Å². The van der Waals surface area contributed by atoms with E-state index < -0.39 is 0 Å². The molecular formula is C13H17ClO2. The second-order valence-electron chi connectivity index (χ2n) is 4.22. The Balaban J connectivity index is 2.29. The minimum atomic E-state index is 0.306. The maximum Gasteiger partial charge on any atom is 0.122 e. The van der Waals surface area contributed by atoms with Crippen molar-refractivity contribution >= 4 is 11.6 Å². The van der Waals surface area contributed by atoms with Crippen molar-refractivity contribution in [2.75, 3.05) is 14.2 Å². The smallest absolute Gasteiger partial charge is 0.122 e. The molecule has 2 unspecified atom stereocenters. The molecule has 0 saturated heterocycles. The third kappa shape index (κ3) is 2.27. The van der Waals surface area contributed by atoms with Crippen molar-refractivity contribution in [1.82, 2.24) is 0 Å². The summed E-state index contributed by atoms with van der Waals surface area (Å²) in [5.41, 5.74) is 1.23. The monoisotopic (exact) mass is 240 g/mol. The molecule has 3 heteroatoms. The minimum absolute atomic E-state index is 0.306. The van der Waals surface area contributed by atoms with Gasteiger partial charge < -0.3 is 9.47 Å². The summed E-state index contributed by atoms with van der Waals surface area (Å²) in [6.45, 7) is 0. The quantitative estimate of drug-likeness (QED) is 0.752. The molecule has 1 fully saturated rings. The lowest BCUT2D eigenvalue weighted by atomic mass is 9.96. The molecule has 1 aliphatic carbocycles. The molecule has 16 heavy (non-hydrogen) atoms. The van der Waals surface area contributed by atoms with Crippen molar-refractivity contribution < 1.29 is 9.47 Å². The fraction of sp³-hybridized carbons (Fsp3) is 0.538. The molecule has 0 heterocycles. The van der Waals surface area contributed by atoms with Gasteiger partial charge in [-0.3, -0.25) is 0 Å². The molecule has 0 bridgehead atoms. The summed E-state index contributed by atoms with van der Waals surface area (Å²) >= 11 is 6.15. The Morgan fingerprint density at radius 3 is 2.56 bits per heavy atom. The van der Waals surface area contributed by atoms with Crippen LogP contribution < -0.4 is 9.47 Å². The van der Waals surface area contributed by atoms with Crippen LogP contribution in [-0.4, -0.2) is 19.6 Å². The Morgan fingerprint density at radius 1 is 1.19 bits per heavy atom. The second-order valence-corrected chi connectivity index (χ2v) is 4.83. The summed E-state index contributed by atoms with van der Waals surface area (Å²) in [6, 6.07) is 5.96. The first-order chi connectivity index (χ1) is 7.74. The van der Waals surface area contributed by atoms with Crippen molar-refractivity contribution in [1.29, 1.82) is 0 Å². The van der Waals surface area contributed by atoms with Gasteiger partial charge in [0.05, 0.1) is 14.2 Å². The number of methoxy groups -OCH3 is 2. The number of hydrogen-bond donors (Lipinski definition) is 0. The molecule has 1 aromatic carbocycles. The number of hydrogen-bond acceptors (Lipinski definition) is 2. The highest BCUT2D eigenvalue weighted by molar-refractivity contribution is 6.20. The van der Waals surface area contributed by atoms with Crippen LogP contribution in [-0.2, 0) is 0 Å². The molecule has 0 aromatic heterocycles. The van der Waals surface area contributed by atoms with Gasteiger partial charge in [0.2, 0.25) is 0 Å². The second kappa shape index (κ2) is 4.96. The molecule has 0 aliphatic heterocycles. The fourth-order valence-electron chi connectivity index (χ4n) is 2.37. The van der Waals surface area contributed by atoms with E-state index >= 15 is 0 Å². The zero-order valence-corrected chi connectivity index (χ0v) is 10.5. The molecule has 0 radical (unpaired) electrons. The number of halogens is 1. The summed E-state index contributed by atoms with van der Waals surface area (Å²) in [6.07, 6.45) is 3.26. The van der Waals surface area contributed by atoms with Gasteiger partial charge in [0.25, 0.3) is 0 Å². The van der Waals surface area contributed by atoms with Gasteiger partial charge >= 0.3 is 0 Å². The molecule has 0 amide bonds. The van der Waals surface area contributed by atoms with E-state index in [1.54, 1.807) is 14.2 Å². The van der Waals surface area contributed by atoms with E-state index in [1.165, 1.54) is 5.56 Å². The molecule has 2 atom stereocenters. The van der Waals surface area contributed by atoms with E-state index in [4.69, 9.17) is 21.1 Å². The number of alkyl halides is 1. The van der Waals surface area contributed by atoms with Gasteiger partial charge in [-0.1, -0.05) is 0 Å². The topological polar surface area (TPSA) is 18.5 Å². The van der Waals surface area contributed by atoms with Crippen molar-refractivity contribution in [2.24, 2.45) is 0 Å². The van der Waals surface area contributed by atoms with E-state index in [-0.39, 0.29) is 0 Å². The Kier molecular flexibility index (Phi) is 3.59. The first kappa shape index (κ1) is 11.6. The van der Waals surface area contributed by atoms with Gasteiger partial charge in [0, 0.05) is 10.9 Å². The van der Waals surface area contributed by atoms with E-state index in [2.05, 4.69) is 6.07 Å². The van der Waals surface area contributed by atoms with Gasteiger partial charge in [-0.05, 0) is 43.4 Å². The maximum absolute atomic E-state index is 6.15. The number of ether oxygens (including phenoxy) is 2. The van der Waals surface area contributed by atoms with Crippen molar-refractivity contribution in [3.8, 4) is 11.5 Å². The normalized spacial score (nSPS) is 24.4.